The lowest BCUT2D eigenvalue weighted by Gasteiger charge is -2.26. The Morgan fingerprint density at radius 1 is 0.952 bits per heavy atom. The summed E-state index contributed by atoms with van der Waals surface area (Å²) in [6, 6.07) is 17.6. The zero-order chi connectivity index (χ0) is 15.3. The third kappa shape index (κ3) is 4.58. The van der Waals surface area contributed by atoms with Crippen LogP contribution in [0.2, 0.25) is 0 Å². The molecule has 0 fully saturated rings. The molecule has 0 aliphatic heterocycles. The Morgan fingerprint density at radius 2 is 1.48 bits per heavy atom. The number of sulfonamides is 1. The van der Waals surface area contributed by atoms with Gasteiger partial charge in [0.25, 0.3) is 0 Å². The summed E-state index contributed by atoms with van der Waals surface area (Å²) in [5.74, 6) is 0.712. The van der Waals surface area contributed by atoms with Gasteiger partial charge in [-0.3, -0.25) is 0 Å². The molecular weight excluding hydrogens is 286 g/mol. The molecule has 0 radical (unpaired) electrons. The van der Waals surface area contributed by atoms with Crippen molar-refractivity contribution in [3.05, 3.63) is 60.7 Å². The quantitative estimate of drug-likeness (QED) is 0.893. The first-order valence-electron chi connectivity index (χ1n) is 6.66. The van der Waals surface area contributed by atoms with Crippen molar-refractivity contribution in [3.8, 4) is 5.75 Å². The molecule has 112 valence electrons. The van der Waals surface area contributed by atoms with Gasteiger partial charge in [-0.2, -0.15) is 0 Å². The average Bonchev–Trinajstić information content (AvgIpc) is 2.46. The number of hydrogen-bond donors (Lipinski definition) is 1. The van der Waals surface area contributed by atoms with Crippen LogP contribution in [-0.4, -0.2) is 20.6 Å². The van der Waals surface area contributed by atoms with E-state index in [0.29, 0.717) is 5.75 Å². The highest BCUT2D eigenvalue weighted by molar-refractivity contribution is 7.89. The molecule has 2 aromatic rings. The monoisotopic (exact) mass is 305 g/mol. The molecule has 0 atom stereocenters. The van der Waals surface area contributed by atoms with E-state index in [-0.39, 0.29) is 11.5 Å². The third-order valence-corrected chi connectivity index (χ3v) is 4.52. The largest absolute Gasteiger partial charge is 0.492 e. The molecule has 1 N–H and O–H groups in total. The van der Waals surface area contributed by atoms with Gasteiger partial charge in [-0.05, 0) is 38.1 Å². The number of hydrogen-bond acceptors (Lipinski definition) is 3. The minimum absolute atomic E-state index is 0.239. The van der Waals surface area contributed by atoms with Crippen LogP contribution in [0.25, 0.3) is 0 Å². The summed E-state index contributed by atoms with van der Waals surface area (Å²) in [5, 5.41) is 0. The number of nitrogens with one attached hydrogen (secondary N) is 1. The van der Waals surface area contributed by atoms with Crippen LogP contribution in [0.4, 0.5) is 0 Å². The molecule has 0 bridgehead atoms. The summed E-state index contributed by atoms with van der Waals surface area (Å²) < 4.78 is 32.9. The Hall–Kier alpha value is -1.85. The van der Waals surface area contributed by atoms with E-state index in [1.807, 2.05) is 30.3 Å². The van der Waals surface area contributed by atoms with Crippen LogP contribution in [-0.2, 0) is 10.0 Å². The first kappa shape index (κ1) is 15.5. The predicted octanol–water partition coefficient (Wildman–Crippen LogP) is 2.82. The van der Waals surface area contributed by atoms with E-state index in [2.05, 4.69) is 4.72 Å². The molecule has 21 heavy (non-hydrogen) atoms. The van der Waals surface area contributed by atoms with E-state index in [4.69, 9.17) is 4.74 Å². The van der Waals surface area contributed by atoms with E-state index < -0.39 is 15.6 Å². The molecule has 0 aliphatic rings. The molecule has 0 aromatic heterocycles. The predicted molar refractivity (Wildman–Crippen MR) is 82.8 cm³/mol. The number of benzene rings is 2. The topological polar surface area (TPSA) is 55.4 Å². The lowest BCUT2D eigenvalue weighted by atomic mass is 10.1. The van der Waals surface area contributed by atoms with Gasteiger partial charge in [0, 0.05) is 0 Å². The van der Waals surface area contributed by atoms with Crippen molar-refractivity contribution in [2.24, 2.45) is 0 Å². The van der Waals surface area contributed by atoms with E-state index in [9.17, 15) is 8.42 Å². The normalized spacial score (nSPS) is 12.1. The summed E-state index contributed by atoms with van der Waals surface area (Å²) in [6.45, 7) is 3.82. The summed E-state index contributed by atoms with van der Waals surface area (Å²) >= 11 is 0. The molecule has 0 spiro atoms. The Kier molecular flexibility index (Phi) is 4.65. The van der Waals surface area contributed by atoms with E-state index >= 15 is 0 Å². The molecule has 4 nitrogen and oxygen atoms in total. The van der Waals surface area contributed by atoms with Crippen LogP contribution in [0.1, 0.15) is 13.8 Å². The molecule has 0 aliphatic carbocycles. The van der Waals surface area contributed by atoms with Gasteiger partial charge in [0.05, 0.1) is 10.4 Å². The fourth-order valence-corrected chi connectivity index (χ4v) is 3.25. The zero-order valence-electron chi connectivity index (χ0n) is 12.1. The first-order valence-corrected chi connectivity index (χ1v) is 8.14. The SMILES string of the molecule is CC(C)(COc1ccccc1)NS(=O)(=O)c1ccccc1. The third-order valence-electron chi connectivity index (χ3n) is 2.81. The Labute approximate surface area is 125 Å². The second kappa shape index (κ2) is 6.28. The minimum Gasteiger partial charge on any atom is -0.492 e. The molecule has 0 amide bonds. The fourth-order valence-electron chi connectivity index (χ4n) is 1.83. The molecule has 0 saturated heterocycles. The van der Waals surface area contributed by atoms with Crippen molar-refractivity contribution in [2.45, 2.75) is 24.3 Å². The standard InChI is InChI=1S/C16H19NO3S/c1-16(2,13-20-14-9-5-3-6-10-14)17-21(18,19)15-11-7-4-8-12-15/h3-12,17H,13H2,1-2H3. The maximum atomic E-state index is 12.3. The van der Waals surface area contributed by atoms with Gasteiger partial charge in [-0.1, -0.05) is 36.4 Å². The summed E-state index contributed by atoms with van der Waals surface area (Å²) in [7, 11) is -3.55. The van der Waals surface area contributed by atoms with E-state index in [1.54, 1.807) is 44.2 Å². The second-order valence-corrected chi connectivity index (χ2v) is 7.09. The highest BCUT2D eigenvalue weighted by Gasteiger charge is 2.26. The van der Waals surface area contributed by atoms with Gasteiger partial charge >= 0.3 is 0 Å². The molecule has 0 heterocycles. The van der Waals surface area contributed by atoms with Gasteiger partial charge in [-0.25, -0.2) is 13.1 Å². The van der Waals surface area contributed by atoms with Crippen LogP contribution in [0, 0.1) is 0 Å². The van der Waals surface area contributed by atoms with Crippen molar-refractivity contribution in [1.29, 1.82) is 0 Å². The van der Waals surface area contributed by atoms with Crippen LogP contribution in [0.5, 0.6) is 5.75 Å². The summed E-state index contributed by atoms with van der Waals surface area (Å²) in [6.07, 6.45) is 0. The molecule has 2 rings (SSSR count). The van der Waals surface area contributed by atoms with E-state index in [1.165, 1.54) is 0 Å². The van der Waals surface area contributed by atoms with Crippen molar-refractivity contribution < 1.29 is 13.2 Å². The zero-order valence-corrected chi connectivity index (χ0v) is 12.9. The van der Waals surface area contributed by atoms with E-state index in [0.717, 1.165) is 0 Å². The summed E-state index contributed by atoms with van der Waals surface area (Å²) in [4.78, 5) is 0.248. The molecule has 0 unspecified atom stereocenters. The highest BCUT2D eigenvalue weighted by atomic mass is 32.2. The van der Waals surface area contributed by atoms with Crippen molar-refractivity contribution in [1.82, 2.24) is 4.72 Å². The Morgan fingerprint density at radius 3 is 2.05 bits per heavy atom. The maximum absolute atomic E-state index is 12.3. The smallest absolute Gasteiger partial charge is 0.241 e. The molecular formula is C16H19NO3S. The summed E-state index contributed by atoms with van der Waals surface area (Å²) in [5.41, 5.74) is -0.718. The van der Waals surface area contributed by atoms with Gasteiger partial charge in [0.2, 0.25) is 10.0 Å². The van der Waals surface area contributed by atoms with Crippen molar-refractivity contribution >= 4 is 10.0 Å². The number of ether oxygens (including phenoxy) is 1. The first-order chi connectivity index (χ1) is 9.89. The second-order valence-electron chi connectivity index (χ2n) is 5.40. The van der Waals surface area contributed by atoms with Crippen LogP contribution < -0.4 is 9.46 Å². The van der Waals surface area contributed by atoms with Gasteiger partial charge in [-0.15, -0.1) is 0 Å². The minimum atomic E-state index is -3.55. The average molecular weight is 305 g/mol. The molecule has 0 saturated carbocycles. The Balaban J connectivity index is 2.03. The molecule has 2 aromatic carbocycles. The van der Waals surface area contributed by atoms with Crippen LogP contribution in [0.3, 0.4) is 0 Å². The maximum Gasteiger partial charge on any atom is 0.241 e. The lowest BCUT2D eigenvalue weighted by molar-refractivity contribution is 0.229. The highest BCUT2D eigenvalue weighted by Crippen LogP contribution is 2.15. The number of rotatable bonds is 6. The van der Waals surface area contributed by atoms with Crippen LogP contribution in [0.15, 0.2) is 65.6 Å². The fraction of sp³-hybridized carbons (Fsp3) is 0.250. The van der Waals surface area contributed by atoms with Gasteiger partial charge in [0.15, 0.2) is 0 Å². The van der Waals surface area contributed by atoms with Gasteiger partial charge < -0.3 is 4.74 Å². The van der Waals surface area contributed by atoms with Crippen molar-refractivity contribution in [2.75, 3.05) is 6.61 Å². The molecule has 5 heteroatoms. The number of para-hydroxylation sites is 1. The van der Waals surface area contributed by atoms with Crippen molar-refractivity contribution in [3.63, 3.8) is 0 Å². The Bertz CT molecular complexity index is 667. The van der Waals surface area contributed by atoms with Crippen LogP contribution >= 0.6 is 0 Å². The lowest BCUT2D eigenvalue weighted by Crippen LogP contribution is -2.47. The van der Waals surface area contributed by atoms with Gasteiger partial charge in [0.1, 0.15) is 12.4 Å².